The van der Waals surface area contributed by atoms with Crippen molar-refractivity contribution in [2.45, 2.75) is 43.4 Å². The summed E-state index contributed by atoms with van der Waals surface area (Å²) in [6.45, 7) is 4.04. The second-order valence-corrected chi connectivity index (χ2v) is 9.10. The van der Waals surface area contributed by atoms with Crippen molar-refractivity contribution >= 4 is 17.6 Å². The van der Waals surface area contributed by atoms with Crippen molar-refractivity contribution in [2.24, 2.45) is 11.8 Å². The van der Waals surface area contributed by atoms with Crippen molar-refractivity contribution in [3.05, 3.63) is 41.5 Å². The van der Waals surface area contributed by atoms with E-state index in [1.807, 2.05) is 11.0 Å². The van der Waals surface area contributed by atoms with E-state index in [0.29, 0.717) is 12.6 Å². The van der Waals surface area contributed by atoms with E-state index in [1.165, 1.54) is 18.2 Å². The smallest absolute Gasteiger partial charge is 0.335 e. The molecule has 0 N–H and O–H groups in total. The highest BCUT2D eigenvalue weighted by Crippen LogP contribution is 2.64. The summed E-state index contributed by atoms with van der Waals surface area (Å²) in [7, 11) is 1.43. The molecule has 5 aliphatic rings. The van der Waals surface area contributed by atoms with Crippen LogP contribution in [0, 0.1) is 11.8 Å². The number of carbonyl (C=O) groups is 2. The van der Waals surface area contributed by atoms with Gasteiger partial charge in [0.1, 0.15) is 0 Å². The summed E-state index contributed by atoms with van der Waals surface area (Å²) in [5, 5.41) is 0. The Hall–Kier alpha value is -2.18. The fourth-order valence-corrected chi connectivity index (χ4v) is 7.35. The number of hydrogen-bond acceptors (Lipinski definition) is 5. The number of fused-ring (bicyclic) bond motifs is 2. The first-order valence-corrected chi connectivity index (χ1v) is 10.6. The number of hydrogen-bond donors (Lipinski definition) is 0. The highest BCUT2D eigenvalue weighted by molar-refractivity contribution is 5.96. The van der Waals surface area contributed by atoms with E-state index in [2.05, 4.69) is 29.2 Å². The average Bonchev–Trinajstić information content (AvgIpc) is 3.18. The number of benzene rings is 1. The molecule has 1 amide bonds. The lowest BCUT2D eigenvalue weighted by molar-refractivity contribution is -0.161. The third-order valence-corrected chi connectivity index (χ3v) is 8.23. The number of ether oxygens (including phenoxy) is 2. The Morgan fingerprint density at radius 1 is 1.28 bits per heavy atom. The van der Waals surface area contributed by atoms with Gasteiger partial charge in [0.05, 0.1) is 19.8 Å². The lowest BCUT2D eigenvalue weighted by Gasteiger charge is -2.56. The molecule has 0 unspecified atom stereocenters. The van der Waals surface area contributed by atoms with Crippen LogP contribution in [-0.4, -0.2) is 61.8 Å². The molecule has 0 aromatic heterocycles. The zero-order chi connectivity index (χ0) is 19.9. The fraction of sp³-hybridized carbons (Fsp3) is 0.565. The van der Waals surface area contributed by atoms with Gasteiger partial charge < -0.3 is 14.4 Å². The van der Waals surface area contributed by atoms with Crippen LogP contribution in [0.2, 0.25) is 0 Å². The number of amides is 1. The van der Waals surface area contributed by atoms with Gasteiger partial charge in [0.2, 0.25) is 5.91 Å². The lowest BCUT2D eigenvalue weighted by Crippen LogP contribution is -2.67. The molecule has 2 bridgehead atoms. The van der Waals surface area contributed by atoms with Crippen molar-refractivity contribution in [1.29, 1.82) is 0 Å². The van der Waals surface area contributed by atoms with Crippen molar-refractivity contribution in [1.82, 2.24) is 4.90 Å². The molecule has 2 saturated heterocycles. The Kier molecular flexibility index (Phi) is 3.61. The number of rotatable bonds is 1. The summed E-state index contributed by atoms with van der Waals surface area (Å²) in [4.78, 5) is 30.4. The molecule has 29 heavy (non-hydrogen) atoms. The van der Waals surface area contributed by atoms with Gasteiger partial charge in [-0.15, -0.1) is 0 Å². The third kappa shape index (κ3) is 2.04. The third-order valence-electron chi connectivity index (χ3n) is 8.23. The van der Waals surface area contributed by atoms with Crippen LogP contribution in [0.4, 0.5) is 5.69 Å². The molecule has 1 aromatic rings. The van der Waals surface area contributed by atoms with Crippen LogP contribution in [0.1, 0.15) is 25.3 Å². The number of piperidine rings is 1. The molecule has 6 rings (SSSR count). The Morgan fingerprint density at radius 3 is 2.90 bits per heavy atom. The van der Waals surface area contributed by atoms with Crippen molar-refractivity contribution in [3.8, 4) is 0 Å². The minimum atomic E-state index is -0.648. The maximum absolute atomic E-state index is 13.0. The van der Waals surface area contributed by atoms with E-state index in [4.69, 9.17) is 9.47 Å². The molecule has 4 heterocycles. The van der Waals surface area contributed by atoms with Gasteiger partial charge in [0.25, 0.3) is 0 Å². The summed E-state index contributed by atoms with van der Waals surface area (Å²) in [6.07, 6.45) is 3.55. The van der Waals surface area contributed by atoms with E-state index in [-0.39, 0.29) is 35.2 Å². The normalized spacial score (nSPS) is 39.3. The minimum absolute atomic E-state index is 0.0381. The summed E-state index contributed by atoms with van der Waals surface area (Å²) >= 11 is 0. The van der Waals surface area contributed by atoms with Gasteiger partial charge in [0.15, 0.2) is 6.10 Å². The first-order chi connectivity index (χ1) is 14.1. The number of esters is 1. The van der Waals surface area contributed by atoms with Gasteiger partial charge in [-0.25, -0.2) is 4.79 Å². The maximum atomic E-state index is 13.0. The molecule has 0 radical (unpaired) electrons. The molecule has 152 valence electrons. The van der Waals surface area contributed by atoms with Gasteiger partial charge in [-0.1, -0.05) is 29.8 Å². The average molecular weight is 394 g/mol. The standard InChI is InChI=1S/C23H26N2O4/c1-13(26)25-17-6-4-3-5-16(17)23-8-9-24-12-14-7-10-29-20(22(27)28-2)19(21(23)25)15(14)11-18(23)24/h3-7,15,18-21H,8-12H2,1-2H3/t15-,18-,19-,20-,21-,23+/m0/s1. The maximum Gasteiger partial charge on any atom is 0.335 e. The van der Waals surface area contributed by atoms with Crippen LogP contribution in [0.25, 0.3) is 0 Å². The van der Waals surface area contributed by atoms with Crippen molar-refractivity contribution in [3.63, 3.8) is 0 Å². The molecule has 6 heteroatoms. The van der Waals surface area contributed by atoms with Crippen molar-refractivity contribution < 1.29 is 19.1 Å². The quantitative estimate of drug-likeness (QED) is 0.538. The molecule has 6 atom stereocenters. The molecule has 4 aliphatic heterocycles. The molecule has 1 spiro atoms. The van der Waals surface area contributed by atoms with E-state index in [1.54, 1.807) is 6.92 Å². The summed E-state index contributed by atoms with van der Waals surface area (Å²) in [5.74, 6) is -0.131. The largest absolute Gasteiger partial charge is 0.467 e. The predicted octanol–water partition coefficient (Wildman–Crippen LogP) is 1.88. The van der Waals surface area contributed by atoms with Gasteiger partial charge in [-0.3, -0.25) is 9.69 Å². The molecule has 6 nitrogen and oxygen atoms in total. The Bertz CT molecular complexity index is 943. The summed E-state index contributed by atoms with van der Waals surface area (Å²) in [6, 6.07) is 8.67. The molecule has 1 saturated carbocycles. The first-order valence-electron chi connectivity index (χ1n) is 10.6. The zero-order valence-corrected chi connectivity index (χ0v) is 16.8. The van der Waals surface area contributed by atoms with Crippen LogP contribution in [-0.2, 0) is 24.5 Å². The van der Waals surface area contributed by atoms with Crippen LogP contribution in [0.15, 0.2) is 35.9 Å². The predicted molar refractivity (Wildman–Crippen MR) is 106 cm³/mol. The minimum Gasteiger partial charge on any atom is -0.467 e. The fourth-order valence-electron chi connectivity index (χ4n) is 7.35. The Labute approximate surface area is 170 Å². The number of carbonyl (C=O) groups excluding carboxylic acids is 2. The summed E-state index contributed by atoms with van der Waals surface area (Å²) in [5.41, 5.74) is 3.51. The second kappa shape index (κ2) is 5.92. The highest BCUT2D eigenvalue weighted by Gasteiger charge is 2.69. The molecule has 1 aliphatic carbocycles. The summed E-state index contributed by atoms with van der Waals surface area (Å²) < 4.78 is 11.3. The second-order valence-electron chi connectivity index (χ2n) is 9.10. The van der Waals surface area contributed by atoms with Gasteiger partial charge in [-0.05, 0) is 36.9 Å². The van der Waals surface area contributed by atoms with E-state index in [9.17, 15) is 9.59 Å². The number of nitrogens with zero attached hydrogens (tertiary/aromatic N) is 2. The first kappa shape index (κ1) is 17.7. The van der Waals surface area contributed by atoms with Gasteiger partial charge in [-0.2, -0.15) is 0 Å². The van der Waals surface area contributed by atoms with Crippen LogP contribution in [0.5, 0.6) is 0 Å². The molecule has 3 fully saturated rings. The number of para-hydroxylation sites is 1. The topological polar surface area (TPSA) is 59.1 Å². The van der Waals surface area contributed by atoms with Gasteiger partial charge >= 0.3 is 5.97 Å². The van der Waals surface area contributed by atoms with Gasteiger partial charge in [0, 0.05) is 36.5 Å². The molecular weight excluding hydrogens is 368 g/mol. The van der Waals surface area contributed by atoms with E-state index >= 15 is 0 Å². The van der Waals surface area contributed by atoms with Crippen LogP contribution < -0.4 is 4.90 Å². The molecular formula is C23H26N2O4. The Balaban J connectivity index is 1.62. The molecule has 1 aromatic carbocycles. The SMILES string of the molecule is COC(=O)[C@H]1OCC=C2CN3CC[C@]45c6ccccc6N(C(C)=O)[C@H]4[C@H]1[C@H]2C[C@H]35. The van der Waals surface area contributed by atoms with E-state index < -0.39 is 6.10 Å². The van der Waals surface area contributed by atoms with Crippen molar-refractivity contribution in [2.75, 3.05) is 31.7 Å². The zero-order valence-electron chi connectivity index (χ0n) is 16.8. The monoisotopic (exact) mass is 394 g/mol. The Morgan fingerprint density at radius 2 is 2.10 bits per heavy atom. The van der Waals surface area contributed by atoms with Crippen LogP contribution >= 0.6 is 0 Å². The van der Waals surface area contributed by atoms with E-state index in [0.717, 1.165) is 31.6 Å². The lowest BCUT2D eigenvalue weighted by atomic mass is 9.54. The highest BCUT2D eigenvalue weighted by atomic mass is 16.6. The number of methoxy groups -OCH3 is 1. The van der Waals surface area contributed by atoms with Crippen LogP contribution in [0.3, 0.4) is 0 Å². The number of anilines is 1.